The summed E-state index contributed by atoms with van der Waals surface area (Å²) in [5, 5.41) is 6.74. The van der Waals surface area contributed by atoms with Crippen LogP contribution >= 0.6 is 24.0 Å². The highest BCUT2D eigenvalue weighted by atomic mass is 127. The third kappa shape index (κ3) is 10.7. The second-order valence-electron chi connectivity index (χ2n) is 6.39. The van der Waals surface area contributed by atoms with Gasteiger partial charge in [0.05, 0.1) is 11.5 Å². The summed E-state index contributed by atoms with van der Waals surface area (Å²) < 4.78 is 22.8. The summed E-state index contributed by atoms with van der Waals surface area (Å²) in [7, 11) is -1.00. The fourth-order valence-corrected chi connectivity index (χ4v) is 3.96. The van der Waals surface area contributed by atoms with E-state index in [-0.39, 0.29) is 35.5 Å². The minimum atomic E-state index is -2.79. The highest BCUT2D eigenvalue weighted by Crippen LogP contribution is 2.05. The second kappa shape index (κ2) is 13.2. The monoisotopic (exact) mass is 474 g/mol. The molecule has 1 heterocycles. The molecule has 0 aliphatic carbocycles. The van der Waals surface area contributed by atoms with Gasteiger partial charge in [0.1, 0.15) is 0 Å². The first kappa shape index (κ1) is 23.9. The van der Waals surface area contributed by atoms with Crippen molar-refractivity contribution in [2.24, 2.45) is 4.99 Å². The first-order chi connectivity index (χ1) is 11.0. The highest BCUT2D eigenvalue weighted by molar-refractivity contribution is 14.0. The molecule has 1 rings (SSSR count). The van der Waals surface area contributed by atoms with Crippen LogP contribution in [0, 0.1) is 0 Å². The molecule has 2 N–H and O–H groups in total. The van der Waals surface area contributed by atoms with Gasteiger partial charge in [0.25, 0.3) is 0 Å². The molecular formula is C16H35IN4O2S. The Hall–Kier alpha value is -0.0900. The van der Waals surface area contributed by atoms with Gasteiger partial charge in [-0.1, -0.05) is 32.6 Å². The summed E-state index contributed by atoms with van der Waals surface area (Å²) in [6.45, 7) is 7.33. The molecule has 8 heteroatoms. The van der Waals surface area contributed by atoms with E-state index in [2.05, 4.69) is 34.4 Å². The number of rotatable bonds is 9. The Kier molecular flexibility index (Phi) is 13.1. The lowest BCUT2D eigenvalue weighted by atomic mass is 10.1. The van der Waals surface area contributed by atoms with E-state index in [4.69, 9.17) is 0 Å². The van der Waals surface area contributed by atoms with Gasteiger partial charge in [-0.3, -0.25) is 9.89 Å². The molecule has 0 radical (unpaired) electrons. The summed E-state index contributed by atoms with van der Waals surface area (Å²) in [5.41, 5.74) is 0. The molecule has 1 fully saturated rings. The minimum absolute atomic E-state index is 0. The number of hydrogen-bond acceptors (Lipinski definition) is 4. The topological polar surface area (TPSA) is 73.8 Å². The maximum absolute atomic E-state index is 11.4. The SMILES string of the molecule is CCCCCCC(C)NC(=NC)NCCN1CCS(=O)(=O)CC1.I. The van der Waals surface area contributed by atoms with Crippen LogP contribution in [0.1, 0.15) is 46.0 Å². The molecular weight excluding hydrogens is 439 g/mol. The molecule has 0 amide bonds. The van der Waals surface area contributed by atoms with Crippen LogP contribution < -0.4 is 10.6 Å². The van der Waals surface area contributed by atoms with E-state index in [1.807, 2.05) is 0 Å². The molecule has 144 valence electrons. The van der Waals surface area contributed by atoms with Crippen molar-refractivity contribution in [2.75, 3.05) is 44.7 Å². The molecule has 0 spiro atoms. The molecule has 1 atom stereocenters. The Labute approximate surface area is 165 Å². The average molecular weight is 474 g/mol. The van der Waals surface area contributed by atoms with Crippen molar-refractivity contribution in [3.63, 3.8) is 0 Å². The van der Waals surface area contributed by atoms with E-state index in [0.717, 1.165) is 25.5 Å². The van der Waals surface area contributed by atoms with Gasteiger partial charge in [-0.15, -0.1) is 24.0 Å². The third-order valence-corrected chi connectivity index (χ3v) is 5.86. The quantitative estimate of drug-likeness (QED) is 0.231. The Morgan fingerprint density at radius 2 is 1.88 bits per heavy atom. The molecule has 0 saturated carbocycles. The van der Waals surface area contributed by atoms with E-state index in [1.54, 1.807) is 7.05 Å². The Morgan fingerprint density at radius 1 is 1.21 bits per heavy atom. The molecule has 0 aromatic carbocycles. The highest BCUT2D eigenvalue weighted by Gasteiger charge is 2.20. The Balaban J connectivity index is 0.00000529. The van der Waals surface area contributed by atoms with E-state index in [0.29, 0.717) is 19.1 Å². The van der Waals surface area contributed by atoms with Crippen molar-refractivity contribution in [1.82, 2.24) is 15.5 Å². The van der Waals surface area contributed by atoms with E-state index in [9.17, 15) is 8.42 Å². The van der Waals surface area contributed by atoms with Crippen LogP contribution in [0.3, 0.4) is 0 Å². The van der Waals surface area contributed by atoms with Gasteiger partial charge in [0.2, 0.25) is 0 Å². The minimum Gasteiger partial charge on any atom is -0.355 e. The molecule has 6 nitrogen and oxygen atoms in total. The zero-order valence-corrected chi connectivity index (χ0v) is 18.5. The zero-order valence-electron chi connectivity index (χ0n) is 15.4. The van der Waals surface area contributed by atoms with Crippen LogP contribution in [0.2, 0.25) is 0 Å². The second-order valence-corrected chi connectivity index (χ2v) is 8.69. The zero-order chi connectivity index (χ0) is 17.1. The standard InChI is InChI=1S/C16H34N4O2S.HI/c1-4-5-6-7-8-15(2)19-16(17-3)18-9-10-20-11-13-23(21,22)14-12-20;/h15H,4-14H2,1-3H3,(H2,17,18,19);1H. The van der Waals surface area contributed by atoms with Gasteiger partial charge in [-0.2, -0.15) is 0 Å². The lowest BCUT2D eigenvalue weighted by molar-refractivity contribution is 0.299. The van der Waals surface area contributed by atoms with Crippen LogP contribution in [0.15, 0.2) is 4.99 Å². The number of halogens is 1. The number of hydrogen-bond donors (Lipinski definition) is 2. The van der Waals surface area contributed by atoms with Crippen molar-refractivity contribution in [1.29, 1.82) is 0 Å². The fourth-order valence-electron chi connectivity index (χ4n) is 2.68. The van der Waals surface area contributed by atoms with Crippen molar-refractivity contribution >= 4 is 39.8 Å². The molecule has 24 heavy (non-hydrogen) atoms. The molecule has 1 aliphatic rings. The smallest absolute Gasteiger partial charge is 0.191 e. The maximum atomic E-state index is 11.4. The predicted octanol–water partition coefficient (Wildman–Crippen LogP) is 1.86. The molecule has 1 aliphatic heterocycles. The van der Waals surface area contributed by atoms with Crippen molar-refractivity contribution < 1.29 is 8.42 Å². The first-order valence-corrected chi connectivity index (χ1v) is 10.7. The van der Waals surface area contributed by atoms with Gasteiger partial charge in [0, 0.05) is 39.3 Å². The molecule has 1 saturated heterocycles. The predicted molar refractivity (Wildman–Crippen MR) is 113 cm³/mol. The van der Waals surface area contributed by atoms with Gasteiger partial charge >= 0.3 is 0 Å². The Bertz CT molecular complexity index is 443. The number of unbranched alkanes of at least 4 members (excludes halogenated alkanes) is 3. The van der Waals surface area contributed by atoms with Crippen LogP contribution in [-0.4, -0.2) is 70.1 Å². The van der Waals surface area contributed by atoms with Gasteiger partial charge in [0.15, 0.2) is 15.8 Å². The maximum Gasteiger partial charge on any atom is 0.191 e. The van der Waals surface area contributed by atoms with Crippen molar-refractivity contribution in [3.05, 3.63) is 0 Å². The van der Waals surface area contributed by atoms with Crippen LogP contribution in [-0.2, 0) is 9.84 Å². The summed E-state index contributed by atoms with van der Waals surface area (Å²) in [6.07, 6.45) is 6.28. The number of nitrogens with one attached hydrogen (secondary N) is 2. The van der Waals surface area contributed by atoms with E-state index >= 15 is 0 Å². The van der Waals surface area contributed by atoms with Gasteiger partial charge in [-0.25, -0.2) is 8.42 Å². The fraction of sp³-hybridized carbons (Fsp3) is 0.938. The van der Waals surface area contributed by atoms with Crippen molar-refractivity contribution in [2.45, 2.75) is 52.0 Å². The van der Waals surface area contributed by atoms with Gasteiger partial charge in [-0.05, 0) is 13.3 Å². The van der Waals surface area contributed by atoms with E-state index in [1.165, 1.54) is 25.7 Å². The summed E-state index contributed by atoms with van der Waals surface area (Å²) in [6, 6.07) is 0.415. The largest absolute Gasteiger partial charge is 0.355 e. The van der Waals surface area contributed by atoms with Crippen molar-refractivity contribution in [3.8, 4) is 0 Å². The molecule has 1 unspecified atom stereocenters. The van der Waals surface area contributed by atoms with Crippen LogP contribution in [0.4, 0.5) is 0 Å². The summed E-state index contributed by atoms with van der Waals surface area (Å²) in [4.78, 5) is 6.45. The lowest BCUT2D eigenvalue weighted by Gasteiger charge is -2.27. The van der Waals surface area contributed by atoms with Crippen LogP contribution in [0.5, 0.6) is 0 Å². The first-order valence-electron chi connectivity index (χ1n) is 8.87. The Morgan fingerprint density at radius 3 is 2.46 bits per heavy atom. The van der Waals surface area contributed by atoms with Gasteiger partial charge < -0.3 is 10.6 Å². The normalized spacial score (nSPS) is 19.4. The molecule has 0 aromatic heterocycles. The molecule has 0 bridgehead atoms. The van der Waals surface area contributed by atoms with E-state index < -0.39 is 9.84 Å². The molecule has 0 aromatic rings. The number of aliphatic imine (C=N–C) groups is 1. The number of sulfone groups is 1. The average Bonchev–Trinajstić information content (AvgIpc) is 2.52. The lowest BCUT2D eigenvalue weighted by Crippen LogP contribution is -2.47. The van der Waals surface area contributed by atoms with Crippen LogP contribution in [0.25, 0.3) is 0 Å². The number of guanidine groups is 1. The third-order valence-electron chi connectivity index (χ3n) is 4.25. The summed E-state index contributed by atoms with van der Waals surface area (Å²) >= 11 is 0. The number of nitrogens with zero attached hydrogens (tertiary/aromatic N) is 2. The summed E-state index contributed by atoms with van der Waals surface area (Å²) in [5.74, 6) is 1.40.